The van der Waals surface area contributed by atoms with Crippen LogP contribution in [0.3, 0.4) is 0 Å². The number of hydrogen-bond acceptors (Lipinski definition) is 3. The van der Waals surface area contributed by atoms with Gasteiger partial charge < -0.3 is 15.0 Å². The first-order valence-electron chi connectivity index (χ1n) is 8.11. The fraction of sp³-hybridized carbons (Fsp3) is 0.444. The third kappa shape index (κ3) is 4.70. The summed E-state index contributed by atoms with van der Waals surface area (Å²) in [6.45, 7) is 5.74. The van der Waals surface area contributed by atoms with Gasteiger partial charge in [-0.15, -0.1) is 0 Å². The maximum atomic E-state index is 5.98. The van der Waals surface area contributed by atoms with E-state index in [1.54, 1.807) is 0 Å². The van der Waals surface area contributed by atoms with Gasteiger partial charge in [0.15, 0.2) is 0 Å². The summed E-state index contributed by atoms with van der Waals surface area (Å²) in [6.07, 6.45) is 3.34. The van der Waals surface area contributed by atoms with Gasteiger partial charge in [0.1, 0.15) is 0 Å². The minimum Gasteiger partial charge on any atom is -0.376 e. The van der Waals surface area contributed by atoms with Crippen molar-refractivity contribution in [3.63, 3.8) is 0 Å². The van der Waals surface area contributed by atoms with Gasteiger partial charge in [0, 0.05) is 51.2 Å². The molecule has 1 aliphatic heterocycles. The van der Waals surface area contributed by atoms with Crippen LogP contribution < -0.4 is 5.32 Å². The lowest BCUT2D eigenvalue weighted by Crippen LogP contribution is -2.37. The van der Waals surface area contributed by atoms with E-state index in [4.69, 9.17) is 4.74 Å². The summed E-state index contributed by atoms with van der Waals surface area (Å²) in [5.41, 5.74) is 2.59. The quantitative estimate of drug-likeness (QED) is 0.860. The van der Waals surface area contributed by atoms with Crippen LogP contribution in [0.2, 0.25) is 0 Å². The van der Waals surface area contributed by atoms with E-state index in [9.17, 15) is 0 Å². The maximum Gasteiger partial charge on any atom is 0.0826 e. The van der Waals surface area contributed by atoms with Crippen molar-refractivity contribution in [2.75, 3.05) is 26.2 Å². The molecule has 22 heavy (non-hydrogen) atoms. The van der Waals surface area contributed by atoms with Gasteiger partial charge in [-0.2, -0.15) is 0 Å². The molecule has 0 amide bonds. The Morgan fingerprint density at radius 3 is 2.91 bits per heavy atom. The molecule has 1 fully saturated rings. The van der Waals surface area contributed by atoms with Gasteiger partial charge in [0.25, 0.3) is 0 Å². The van der Waals surface area contributed by atoms with Crippen LogP contribution in [0.25, 0.3) is 0 Å². The average Bonchev–Trinajstić information content (AvgIpc) is 2.96. The van der Waals surface area contributed by atoms with Crippen molar-refractivity contribution in [1.29, 1.82) is 0 Å². The largest absolute Gasteiger partial charge is 0.376 e. The van der Waals surface area contributed by atoms with E-state index in [0.29, 0.717) is 0 Å². The molecule has 2 N–H and O–H groups in total. The predicted molar refractivity (Wildman–Crippen MR) is 88.6 cm³/mol. The minimum atomic E-state index is 0.265. The van der Waals surface area contributed by atoms with Crippen LogP contribution >= 0.6 is 0 Å². The van der Waals surface area contributed by atoms with Crippen molar-refractivity contribution < 1.29 is 4.74 Å². The Labute approximate surface area is 132 Å². The molecule has 0 radical (unpaired) electrons. The molecule has 0 saturated carbocycles. The fourth-order valence-corrected chi connectivity index (χ4v) is 2.92. The van der Waals surface area contributed by atoms with Gasteiger partial charge in [-0.25, -0.2) is 0 Å². The highest BCUT2D eigenvalue weighted by Gasteiger charge is 2.18. The average molecular weight is 299 g/mol. The number of nitrogens with zero attached hydrogens (tertiary/aromatic N) is 1. The zero-order valence-corrected chi connectivity index (χ0v) is 13.0. The summed E-state index contributed by atoms with van der Waals surface area (Å²) < 4.78 is 5.98. The number of ether oxygens (including phenoxy) is 1. The Morgan fingerprint density at radius 2 is 2.09 bits per heavy atom. The second kappa shape index (κ2) is 8.13. The minimum absolute atomic E-state index is 0.265. The number of benzene rings is 1. The zero-order chi connectivity index (χ0) is 15.0. The Balaban J connectivity index is 1.47. The third-order valence-corrected chi connectivity index (χ3v) is 4.03. The van der Waals surface area contributed by atoms with Crippen LogP contribution in [0.15, 0.2) is 48.7 Å². The van der Waals surface area contributed by atoms with Crippen molar-refractivity contribution >= 4 is 0 Å². The Bertz CT molecular complexity index is 527. The summed E-state index contributed by atoms with van der Waals surface area (Å²) in [5, 5.41) is 3.49. The molecule has 4 heteroatoms. The summed E-state index contributed by atoms with van der Waals surface area (Å²) >= 11 is 0. The SMILES string of the molecule is c1ccc(CN2CCCO[C@@H](CNCc3ccc[nH]3)C2)cc1. The van der Waals surface area contributed by atoms with Gasteiger partial charge in [-0.05, 0) is 24.1 Å². The molecule has 1 aliphatic rings. The molecule has 1 saturated heterocycles. The first-order chi connectivity index (χ1) is 10.9. The molecule has 1 aromatic carbocycles. The molecule has 2 aromatic rings. The predicted octanol–water partition coefficient (Wildman–Crippen LogP) is 2.40. The molecule has 2 heterocycles. The number of hydrogen-bond donors (Lipinski definition) is 2. The van der Waals surface area contributed by atoms with Crippen LogP contribution in [0.1, 0.15) is 17.7 Å². The lowest BCUT2D eigenvalue weighted by atomic mass is 10.2. The molecule has 0 bridgehead atoms. The first kappa shape index (κ1) is 15.3. The van der Waals surface area contributed by atoms with E-state index in [-0.39, 0.29) is 6.10 Å². The van der Waals surface area contributed by atoms with Crippen LogP contribution in [-0.2, 0) is 17.8 Å². The van der Waals surface area contributed by atoms with E-state index in [1.807, 2.05) is 12.3 Å². The van der Waals surface area contributed by atoms with E-state index in [2.05, 4.69) is 51.6 Å². The Morgan fingerprint density at radius 1 is 1.18 bits per heavy atom. The monoisotopic (exact) mass is 299 g/mol. The Kier molecular flexibility index (Phi) is 5.65. The molecule has 4 nitrogen and oxygen atoms in total. The number of H-pyrrole nitrogens is 1. The normalized spacial score (nSPS) is 19.9. The molecule has 0 unspecified atom stereocenters. The number of aromatic amines is 1. The molecule has 118 valence electrons. The van der Waals surface area contributed by atoms with Crippen molar-refractivity contribution in [2.45, 2.75) is 25.6 Å². The number of rotatable bonds is 6. The van der Waals surface area contributed by atoms with Gasteiger partial charge >= 0.3 is 0 Å². The van der Waals surface area contributed by atoms with Gasteiger partial charge in [-0.3, -0.25) is 4.90 Å². The molecular formula is C18H25N3O. The lowest BCUT2D eigenvalue weighted by molar-refractivity contribution is 0.0532. The second-order valence-electron chi connectivity index (χ2n) is 5.89. The summed E-state index contributed by atoms with van der Waals surface area (Å²) in [5.74, 6) is 0. The molecule has 0 aliphatic carbocycles. The van der Waals surface area contributed by atoms with E-state index >= 15 is 0 Å². The maximum absolute atomic E-state index is 5.98. The van der Waals surface area contributed by atoms with E-state index < -0.39 is 0 Å². The van der Waals surface area contributed by atoms with Crippen LogP contribution in [-0.4, -0.2) is 42.2 Å². The highest BCUT2D eigenvalue weighted by atomic mass is 16.5. The van der Waals surface area contributed by atoms with Gasteiger partial charge in [0.2, 0.25) is 0 Å². The smallest absolute Gasteiger partial charge is 0.0826 e. The van der Waals surface area contributed by atoms with Crippen LogP contribution in [0.5, 0.6) is 0 Å². The molecule has 1 aromatic heterocycles. The molecule has 1 atom stereocenters. The molecule has 0 spiro atoms. The topological polar surface area (TPSA) is 40.3 Å². The van der Waals surface area contributed by atoms with Gasteiger partial charge in [0.05, 0.1) is 6.10 Å². The van der Waals surface area contributed by atoms with Crippen molar-refractivity contribution in [3.8, 4) is 0 Å². The summed E-state index contributed by atoms with van der Waals surface area (Å²) in [4.78, 5) is 5.72. The molecular weight excluding hydrogens is 274 g/mol. The van der Waals surface area contributed by atoms with E-state index in [1.165, 1.54) is 11.3 Å². The highest BCUT2D eigenvalue weighted by molar-refractivity contribution is 5.14. The van der Waals surface area contributed by atoms with Crippen LogP contribution in [0, 0.1) is 0 Å². The summed E-state index contributed by atoms with van der Waals surface area (Å²) in [7, 11) is 0. The van der Waals surface area contributed by atoms with Crippen molar-refractivity contribution in [3.05, 3.63) is 59.9 Å². The standard InChI is InChI=1S/C18H25N3O/c1-2-6-16(7-3-1)14-21-10-5-11-22-18(15-21)13-19-12-17-8-4-9-20-17/h1-4,6-9,18-20H,5,10-15H2/t18-/m0/s1. The summed E-state index contributed by atoms with van der Waals surface area (Å²) in [6, 6.07) is 14.8. The van der Waals surface area contributed by atoms with E-state index in [0.717, 1.165) is 45.8 Å². The zero-order valence-electron chi connectivity index (χ0n) is 13.0. The van der Waals surface area contributed by atoms with Crippen molar-refractivity contribution in [2.24, 2.45) is 0 Å². The first-order valence-corrected chi connectivity index (χ1v) is 8.11. The van der Waals surface area contributed by atoms with Gasteiger partial charge in [-0.1, -0.05) is 30.3 Å². The van der Waals surface area contributed by atoms with Crippen LogP contribution in [0.4, 0.5) is 0 Å². The fourth-order valence-electron chi connectivity index (χ4n) is 2.92. The second-order valence-corrected chi connectivity index (χ2v) is 5.89. The highest BCUT2D eigenvalue weighted by Crippen LogP contribution is 2.10. The third-order valence-electron chi connectivity index (χ3n) is 4.03. The Hall–Kier alpha value is -1.62. The van der Waals surface area contributed by atoms with Crippen molar-refractivity contribution in [1.82, 2.24) is 15.2 Å². The number of aromatic nitrogens is 1. The number of nitrogens with one attached hydrogen (secondary N) is 2. The lowest BCUT2D eigenvalue weighted by Gasteiger charge is -2.24. The molecule has 3 rings (SSSR count).